The number of rotatable bonds is 7. The molecule has 0 amide bonds. The van der Waals surface area contributed by atoms with Crippen molar-refractivity contribution in [3.63, 3.8) is 0 Å². The zero-order chi connectivity index (χ0) is 17.5. The van der Waals surface area contributed by atoms with Crippen molar-refractivity contribution in [3.8, 4) is 11.5 Å². The van der Waals surface area contributed by atoms with Crippen molar-refractivity contribution in [2.24, 2.45) is 0 Å². The molecule has 24 heavy (non-hydrogen) atoms. The van der Waals surface area contributed by atoms with E-state index in [1.54, 1.807) is 30.3 Å². The second-order valence-electron chi connectivity index (χ2n) is 4.78. The van der Waals surface area contributed by atoms with E-state index in [2.05, 4.69) is 0 Å². The van der Waals surface area contributed by atoms with Crippen LogP contribution in [0.5, 0.6) is 11.5 Å². The van der Waals surface area contributed by atoms with E-state index in [9.17, 15) is 14.9 Å². The fourth-order valence-electron chi connectivity index (χ4n) is 2.25. The highest BCUT2D eigenvalue weighted by atomic mass is 16.6. The summed E-state index contributed by atoms with van der Waals surface area (Å²) < 4.78 is 10.8. The molecule has 0 saturated heterocycles. The van der Waals surface area contributed by atoms with Gasteiger partial charge in [-0.3, -0.25) is 14.9 Å². The van der Waals surface area contributed by atoms with E-state index in [1.165, 1.54) is 31.4 Å². The topological polar surface area (TPSA) is 78.7 Å². The maximum atomic E-state index is 12.3. The van der Waals surface area contributed by atoms with E-state index in [1.807, 2.05) is 6.92 Å². The number of carbonyl (C=O) groups excluding carboxylic acids is 1. The second-order valence-corrected chi connectivity index (χ2v) is 4.78. The maximum absolute atomic E-state index is 12.3. The molecule has 0 bridgehead atoms. The minimum Gasteiger partial charge on any atom is -0.492 e. The number of methoxy groups -OCH3 is 1. The minimum atomic E-state index is -0.572. The molecule has 6 nitrogen and oxygen atoms in total. The number of ether oxygens (including phenoxy) is 2. The first kappa shape index (κ1) is 17.2. The molecule has 0 aromatic heterocycles. The van der Waals surface area contributed by atoms with E-state index >= 15 is 0 Å². The zero-order valence-electron chi connectivity index (χ0n) is 13.4. The van der Waals surface area contributed by atoms with Crippen molar-refractivity contribution < 1.29 is 19.2 Å². The number of hydrogen-bond acceptors (Lipinski definition) is 5. The van der Waals surface area contributed by atoms with Crippen LogP contribution in [0.3, 0.4) is 0 Å². The molecule has 0 saturated carbocycles. The lowest BCUT2D eigenvalue weighted by atomic mass is 10.1. The zero-order valence-corrected chi connectivity index (χ0v) is 13.4. The number of hydrogen-bond donors (Lipinski definition) is 0. The van der Waals surface area contributed by atoms with Gasteiger partial charge >= 0.3 is 0 Å². The van der Waals surface area contributed by atoms with E-state index in [0.717, 1.165) is 0 Å². The lowest BCUT2D eigenvalue weighted by Crippen LogP contribution is -2.01. The molecule has 0 aliphatic heterocycles. The molecular weight excluding hydrogens is 310 g/mol. The molecule has 0 radical (unpaired) electrons. The van der Waals surface area contributed by atoms with Crippen LogP contribution in [0.15, 0.2) is 48.5 Å². The summed E-state index contributed by atoms with van der Waals surface area (Å²) in [4.78, 5) is 22.7. The summed E-state index contributed by atoms with van der Waals surface area (Å²) in [5.74, 6) is 0.623. The predicted molar refractivity (Wildman–Crippen MR) is 90.6 cm³/mol. The van der Waals surface area contributed by atoms with Gasteiger partial charge < -0.3 is 9.47 Å². The molecule has 2 rings (SSSR count). The largest absolute Gasteiger partial charge is 0.492 e. The van der Waals surface area contributed by atoms with Crippen LogP contribution in [0.4, 0.5) is 5.69 Å². The molecule has 0 spiro atoms. The van der Waals surface area contributed by atoms with E-state index in [4.69, 9.17) is 9.47 Å². The van der Waals surface area contributed by atoms with Crippen LogP contribution in [-0.2, 0) is 0 Å². The third-order valence-electron chi connectivity index (χ3n) is 3.29. The maximum Gasteiger partial charge on any atom is 0.280 e. The summed E-state index contributed by atoms with van der Waals surface area (Å²) >= 11 is 0. The first-order valence-corrected chi connectivity index (χ1v) is 7.34. The highest BCUT2D eigenvalue weighted by Gasteiger charge is 2.17. The first-order valence-electron chi connectivity index (χ1n) is 7.34. The molecule has 0 N–H and O–H groups in total. The van der Waals surface area contributed by atoms with Crippen molar-refractivity contribution in [2.45, 2.75) is 6.92 Å². The van der Waals surface area contributed by atoms with Gasteiger partial charge in [-0.05, 0) is 31.2 Å². The number of nitrogens with zero attached hydrogens (tertiary/aromatic N) is 1. The number of allylic oxidation sites excluding steroid dienone is 1. The lowest BCUT2D eigenvalue weighted by molar-refractivity contribution is -0.385. The Morgan fingerprint density at radius 1 is 1.21 bits per heavy atom. The van der Waals surface area contributed by atoms with Gasteiger partial charge in [-0.25, -0.2) is 0 Å². The van der Waals surface area contributed by atoms with Gasteiger partial charge in [-0.15, -0.1) is 0 Å². The Bertz CT molecular complexity index is 783. The highest BCUT2D eigenvalue weighted by molar-refractivity contribution is 6.09. The monoisotopic (exact) mass is 327 g/mol. The van der Waals surface area contributed by atoms with Gasteiger partial charge in [0.1, 0.15) is 0 Å². The fourth-order valence-corrected chi connectivity index (χ4v) is 2.25. The fraction of sp³-hybridized carbons (Fsp3) is 0.167. The van der Waals surface area contributed by atoms with Crippen LogP contribution in [0.2, 0.25) is 0 Å². The first-order chi connectivity index (χ1) is 11.6. The molecule has 2 aromatic rings. The Labute approximate surface area is 139 Å². The molecule has 0 unspecified atom stereocenters. The average molecular weight is 327 g/mol. The van der Waals surface area contributed by atoms with Crippen LogP contribution in [0.1, 0.15) is 22.8 Å². The standard InChI is InChI=1S/C18H17NO5/c1-3-24-17-10-6-7-13(18(17)23-2)11-12-16(20)14-8-4-5-9-15(14)19(21)22/h4-12H,3H2,1-2H3/b12-11+. The molecule has 0 heterocycles. The third kappa shape index (κ3) is 3.78. The van der Waals surface area contributed by atoms with Gasteiger partial charge in [0.25, 0.3) is 5.69 Å². The molecule has 0 aliphatic carbocycles. The molecule has 124 valence electrons. The molecule has 0 aliphatic rings. The summed E-state index contributed by atoms with van der Waals surface area (Å²) in [7, 11) is 1.51. The molecule has 0 atom stereocenters. The summed E-state index contributed by atoms with van der Waals surface area (Å²) in [6, 6.07) is 11.2. The summed E-state index contributed by atoms with van der Waals surface area (Å²) in [6.07, 6.45) is 2.84. The van der Waals surface area contributed by atoms with E-state index in [-0.39, 0.29) is 11.3 Å². The number of para-hydroxylation sites is 2. The van der Waals surface area contributed by atoms with Crippen LogP contribution in [-0.4, -0.2) is 24.4 Å². The Morgan fingerprint density at radius 2 is 1.96 bits per heavy atom. The second kappa shape index (κ2) is 7.92. The lowest BCUT2D eigenvalue weighted by Gasteiger charge is -2.11. The van der Waals surface area contributed by atoms with Gasteiger partial charge in [0, 0.05) is 11.6 Å². The molecule has 0 fully saturated rings. The Hall–Kier alpha value is -3.15. The highest BCUT2D eigenvalue weighted by Crippen LogP contribution is 2.32. The van der Waals surface area contributed by atoms with Crippen LogP contribution in [0.25, 0.3) is 6.08 Å². The van der Waals surface area contributed by atoms with Crippen molar-refractivity contribution in [2.75, 3.05) is 13.7 Å². The van der Waals surface area contributed by atoms with Crippen molar-refractivity contribution >= 4 is 17.5 Å². The number of carbonyl (C=O) groups is 1. The molecule has 2 aromatic carbocycles. The van der Waals surface area contributed by atoms with Crippen molar-refractivity contribution in [3.05, 3.63) is 69.8 Å². The number of nitro benzene ring substituents is 1. The minimum absolute atomic E-state index is 0.0404. The Balaban J connectivity index is 2.33. The molecule has 6 heteroatoms. The predicted octanol–water partition coefficient (Wildman–Crippen LogP) is 3.90. The smallest absolute Gasteiger partial charge is 0.280 e. The van der Waals surface area contributed by atoms with Gasteiger partial charge in [0.05, 0.1) is 24.2 Å². The number of ketones is 1. The van der Waals surface area contributed by atoms with Gasteiger partial charge in [-0.1, -0.05) is 24.3 Å². The van der Waals surface area contributed by atoms with Crippen molar-refractivity contribution in [1.82, 2.24) is 0 Å². The van der Waals surface area contributed by atoms with E-state index in [0.29, 0.717) is 23.7 Å². The Morgan fingerprint density at radius 3 is 2.62 bits per heavy atom. The average Bonchev–Trinajstić information content (AvgIpc) is 2.60. The number of nitro groups is 1. The van der Waals surface area contributed by atoms with Crippen LogP contribution < -0.4 is 9.47 Å². The quantitative estimate of drug-likeness (QED) is 0.333. The Kier molecular flexibility index (Phi) is 5.68. The molecular formula is C18H17NO5. The number of benzene rings is 2. The summed E-state index contributed by atoms with van der Waals surface area (Å²) in [5, 5.41) is 11.0. The summed E-state index contributed by atoms with van der Waals surface area (Å²) in [5.41, 5.74) is 0.469. The van der Waals surface area contributed by atoms with Crippen molar-refractivity contribution in [1.29, 1.82) is 0 Å². The van der Waals surface area contributed by atoms with Crippen LogP contribution in [0, 0.1) is 10.1 Å². The third-order valence-corrected chi connectivity index (χ3v) is 3.29. The van der Waals surface area contributed by atoms with Gasteiger partial charge in [0.15, 0.2) is 17.3 Å². The summed E-state index contributed by atoms with van der Waals surface area (Å²) in [6.45, 7) is 2.35. The van der Waals surface area contributed by atoms with Gasteiger partial charge in [0.2, 0.25) is 0 Å². The van der Waals surface area contributed by atoms with Crippen LogP contribution >= 0.6 is 0 Å². The normalized spacial score (nSPS) is 10.6. The van der Waals surface area contributed by atoms with E-state index < -0.39 is 10.7 Å². The van der Waals surface area contributed by atoms with Gasteiger partial charge in [-0.2, -0.15) is 0 Å². The SMILES string of the molecule is CCOc1cccc(/C=C/C(=O)c2ccccc2[N+](=O)[O-])c1OC.